The van der Waals surface area contributed by atoms with E-state index in [0.717, 1.165) is 0 Å². The van der Waals surface area contributed by atoms with Gasteiger partial charge in [0, 0.05) is 44.4 Å². The SMILES string of the molecule is Cn1cc(S(=O)(=O)N2CCCN(C(=O)c3ccc(Cl)cc3Cl)CC2)cn1. The molecule has 0 bridgehead atoms. The van der Waals surface area contributed by atoms with Crippen LogP contribution < -0.4 is 0 Å². The lowest BCUT2D eigenvalue weighted by molar-refractivity contribution is 0.0764. The predicted octanol–water partition coefficient (Wildman–Crippen LogP) is 2.26. The highest BCUT2D eigenvalue weighted by Crippen LogP contribution is 2.23. The number of aryl methyl sites for hydroxylation is 1. The average molecular weight is 417 g/mol. The first kappa shape index (κ1) is 19.2. The van der Waals surface area contributed by atoms with Crippen LogP contribution in [0.1, 0.15) is 16.8 Å². The number of carbonyl (C=O) groups excluding carboxylic acids is 1. The fourth-order valence-corrected chi connectivity index (χ4v) is 4.80. The Morgan fingerprint density at radius 2 is 1.92 bits per heavy atom. The van der Waals surface area contributed by atoms with Crippen LogP contribution in [0.4, 0.5) is 0 Å². The molecule has 1 aliphatic heterocycles. The van der Waals surface area contributed by atoms with Crippen molar-refractivity contribution in [3.05, 3.63) is 46.2 Å². The Kier molecular flexibility index (Phi) is 5.57. The Labute approximate surface area is 162 Å². The lowest BCUT2D eigenvalue weighted by Gasteiger charge is -2.22. The van der Waals surface area contributed by atoms with E-state index in [1.54, 1.807) is 24.1 Å². The number of nitrogens with zero attached hydrogens (tertiary/aromatic N) is 4. The molecule has 0 atom stereocenters. The van der Waals surface area contributed by atoms with Crippen LogP contribution in [0.15, 0.2) is 35.5 Å². The van der Waals surface area contributed by atoms with Gasteiger partial charge >= 0.3 is 0 Å². The highest BCUT2D eigenvalue weighted by Gasteiger charge is 2.29. The van der Waals surface area contributed by atoms with Crippen LogP contribution in [0, 0.1) is 0 Å². The van der Waals surface area contributed by atoms with Gasteiger partial charge in [-0.15, -0.1) is 0 Å². The summed E-state index contributed by atoms with van der Waals surface area (Å²) in [5.41, 5.74) is 0.361. The molecule has 3 rings (SSSR count). The number of carbonyl (C=O) groups is 1. The fraction of sp³-hybridized carbons (Fsp3) is 0.375. The van der Waals surface area contributed by atoms with Gasteiger partial charge in [-0.2, -0.15) is 9.40 Å². The normalized spacial score (nSPS) is 16.5. The molecule has 0 aliphatic carbocycles. The number of rotatable bonds is 3. The summed E-state index contributed by atoms with van der Waals surface area (Å²) in [4.78, 5) is 14.5. The Bertz CT molecular complexity index is 929. The largest absolute Gasteiger partial charge is 0.337 e. The molecule has 10 heteroatoms. The van der Waals surface area contributed by atoms with Crippen LogP contribution in [-0.4, -0.2) is 59.5 Å². The van der Waals surface area contributed by atoms with E-state index in [-0.39, 0.29) is 28.9 Å². The first-order valence-electron chi connectivity index (χ1n) is 8.02. The van der Waals surface area contributed by atoms with Gasteiger partial charge in [-0.3, -0.25) is 9.48 Å². The van der Waals surface area contributed by atoms with Gasteiger partial charge in [0.05, 0.1) is 16.8 Å². The zero-order valence-corrected chi connectivity index (χ0v) is 16.4. The van der Waals surface area contributed by atoms with Crippen molar-refractivity contribution in [2.45, 2.75) is 11.3 Å². The van der Waals surface area contributed by atoms with E-state index < -0.39 is 10.0 Å². The zero-order chi connectivity index (χ0) is 18.9. The molecule has 0 unspecified atom stereocenters. The van der Waals surface area contributed by atoms with Crippen molar-refractivity contribution in [1.82, 2.24) is 19.0 Å². The Balaban J connectivity index is 1.75. The van der Waals surface area contributed by atoms with E-state index in [1.807, 2.05) is 0 Å². The van der Waals surface area contributed by atoms with Gasteiger partial charge in [0.2, 0.25) is 10.0 Å². The summed E-state index contributed by atoms with van der Waals surface area (Å²) in [6.07, 6.45) is 3.34. The molecule has 1 saturated heterocycles. The quantitative estimate of drug-likeness (QED) is 0.768. The third-order valence-corrected chi connectivity index (χ3v) is 6.62. The number of halogens is 2. The minimum Gasteiger partial charge on any atom is -0.337 e. The highest BCUT2D eigenvalue weighted by molar-refractivity contribution is 7.89. The van der Waals surface area contributed by atoms with Gasteiger partial charge in [0.15, 0.2) is 0 Å². The number of amides is 1. The van der Waals surface area contributed by atoms with Crippen LogP contribution in [0.2, 0.25) is 10.0 Å². The number of hydrogen-bond acceptors (Lipinski definition) is 4. The Morgan fingerprint density at radius 3 is 2.58 bits per heavy atom. The molecule has 2 aromatic rings. The molecule has 140 valence electrons. The van der Waals surface area contributed by atoms with Crippen molar-refractivity contribution in [1.29, 1.82) is 0 Å². The van der Waals surface area contributed by atoms with E-state index in [4.69, 9.17) is 23.2 Å². The molecule has 1 aromatic heterocycles. The monoisotopic (exact) mass is 416 g/mol. The summed E-state index contributed by atoms with van der Waals surface area (Å²) >= 11 is 12.0. The summed E-state index contributed by atoms with van der Waals surface area (Å²) < 4.78 is 28.3. The van der Waals surface area contributed by atoms with Crippen molar-refractivity contribution in [3.63, 3.8) is 0 Å². The molecule has 7 nitrogen and oxygen atoms in total. The summed E-state index contributed by atoms with van der Waals surface area (Å²) in [6, 6.07) is 4.72. The van der Waals surface area contributed by atoms with Gasteiger partial charge in [0.25, 0.3) is 5.91 Å². The van der Waals surface area contributed by atoms with Gasteiger partial charge in [-0.1, -0.05) is 23.2 Å². The molecule has 1 aromatic carbocycles. The third-order valence-electron chi connectivity index (χ3n) is 4.22. The van der Waals surface area contributed by atoms with Crippen molar-refractivity contribution in [2.75, 3.05) is 26.2 Å². The van der Waals surface area contributed by atoms with Gasteiger partial charge in [-0.05, 0) is 24.6 Å². The second kappa shape index (κ2) is 7.56. The molecule has 0 N–H and O–H groups in total. The second-order valence-corrected chi connectivity index (χ2v) is 8.81. The highest BCUT2D eigenvalue weighted by atomic mass is 35.5. The topological polar surface area (TPSA) is 75.5 Å². The minimum atomic E-state index is -3.62. The second-order valence-electron chi connectivity index (χ2n) is 6.02. The number of benzene rings is 1. The molecule has 1 fully saturated rings. The lowest BCUT2D eigenvalue weighted by atomic mass is 10.2. The standard InChI is InChI=1S/C16H18Cl2N4O3S/c1-20-11-13(10-19-20)26(24,25)22-6-2-5-21(7-8-22)16(23)14-4-3-12(17)9-15(14)18/h3-4,9-11H,2,5-8H2,1H3. The number of aromatic nitrogens is 2. The minimum absolute atomic E-state index is 0.153. The molecule has 0 saturated carbocycles. The molecule has 1 amide bonds. The maximum Gasteiger partial charge on any atom is 0.255 e. The van der Waals surface area contributed by atoms with E-state index in [1.165, 1.54) is 27.4 Å². The van der Waals surface area contributed by atoms with E-state index in [0.29, 0.717) is 30.1 Å². The molecule has 26 heavy (non-hydrogen) atoms. The van der Waals surface area contributed by atoms with Crippen LogP contribution in [0.5, 0.6) is 0 Å². The number of hydrogen-bond donors (Lipinski definition) is 0. The van der Waals surface area contributed by atoms with Crippen molar-refractivity contribution >= 4 is 39.1 Å². The van der Waals surface area contributed by atoms with Gasteiger partial charge in [0.1, 0.15) is 4.90 Å². The van der Waals surface area contributed by atoms with Crippen molar-refractivity contribution in [3.8, 4) is 0 Å². The smallest absolute Gasteiger partial charge is 0.255 e. The van der Waals surface area contributed by atoms with Crippen LogP contribution in [0.3, 0.4) is 0 Å². The average Bonchev–Trinajstić information content (AvgIpc) is 2.88. The van der Waals surface area contributed by atoms with E-state index in [9.17, 15) is 13.2 Å². The molecule has 1 aliphatic rings. The molecule has 2 heterocycles. The first-order valence-corrected chi connectivity index (χ1v) is 10.2. The van der Waals surface area contributed by atoms with Crippen molar-refractivity contribution < 1.29 is 13.2 Å². The molecule has 0 spiro atoms. The van der Waals surface area contributed by atoms with Crippen molar-refractivity contribution in [2.24, 2.45) is 7.05 Å². The summed E-state index contributed by atoms with van der Waals surface area (Å²) in [5.74, 6) is -0.229. The van der Waals surface area contributed by atoms with Gasteiger partial charge in [-0.25, -0.2) is 8.42 Å². The molecule has 0 radical (unpaired) electrons. The maximum absolute atomic E-state index is 12.7. The molecular formula is C16H18Cl2N4O3S. The molecular weight excluding hydrogens is 399 g/mol. The van der Waals surface area contributed by atoms with E-state index in [2.05, 4.69) is 5.10 Å². The maximum atomic E-state index is 12.7. The Hall–Kier alpha value is -1.61. The van der Waals surface area contributed by atoms with E-state index >= 15 is 0 Å². The Morgan fingerprint density at radius 1 is 1.15 bits per heavy atom. The number of sulfonamides is 1. The van der Waals surface area contributed by atoms with Crippen LogP contribution >= 0.6 is 23.2 Å². The first-order chi connectivity index (χ1) is 12.3. The van der Waals surface area contributed by atoms with Crippen LogP contribution in [0.25, 0.3) is 0 Å². The summed E-state index contributed by atoms with van der Waals surface area (Å²) in [7, 11) is -1.96. The van der Waals surface area contributed by atoms with Gasteiger partial charge < -0.3 is 4.90 Å². The predicted molar refractivity (Wildman–Crippen MR) is 98.9 cm³/mol. The third kappa shape index (κ3) is 3.88. The lowest BCUT2D eigenvalue weighted by Crippen LogP contribution is -2.37. The summed E-state index contributed by atoms with van der Waals surface area (Å²) in [5, 5.41) is 4.66. The fourth-order valence-electron chi connectivity index (χ4n) is 2.85. The zero-order valence-electron chi connectivity index (χ0n) is 14.1. The van der Waals surface area contributed by atoms with Crippen LogP contribution in [-0.2, 0) is 17.1 Å². The summed E-state index contributed by atoms with van der Waals surface area (Å²) in [6.45, 7) is 1.30.